The molecule has 4 rings (SSSR count). The Balaban J connectivity index is 1.72. The molecule has 3 aromatic rings. The van der Waals surface area contributed by atoms with Crippen molar-refractivity contribution in [3.63, 3.8) is 0 Å². The molecule has 106 valence electrons. The monoisotopic (exact) mass is 278 g/mol. The van der Waals surface area contributed by atoms with Gasteiger partial charge in [0.1, 0.15) is 17.6 Å². The Morgan fingerprint density at radius 1 is 1.05 bits per heavy atom. The highest BCUT2D eigenvalue weighted by Crippen LogP contribution is 2.48. The van der Waals surface area contributed by atoms with E-state index in [-0.39, 0.29) is 0 Å². The maximum Gasteiger partial charge on any atom is 0.137 e. The molecule has 1 aliphatic rings. The molecular formula is C19H18O2. The van der Waals surface area contributed by atoms with E-state index in [2.05, 4.69) is 19.1 Å². The van der Waals surface area contributed by atoms with E-state index in [9.17, 15) is 5.11 Å². The maximum absolute atomic E-state index is 10.7. The van der Waals surface area contributed by atoms with Crippen LogP contribution in [0.1, 0.15) is 42.5 Å². The summed E-state index contributed by atoms with van der Waals surface area (Å²) in [5.41, 5.74) is 0.901. The standard InChI is InChI=1S/C19H18O2/c1-12-11-16(12)17-9-10-18(21-17)19(20)15-8-4-6-13-5-2-3-7-14(13)15/h2-10,12,16,19-20H,11H2,1H3. The lowest BCUT2D eigenvalue weighted by molar-refractivity contribution is 0.188. The van der Waals surface area contributed by atoms with E-state index < -0.39 is 6.10 Å². The average molecular weight is 278 g/mol. The van der Waals surface area contributed by atoms with Crippen LogP contribution in [-0.4, -0.2) is 5.11 Å². The van der Waals surface area contributed by atoms with Crippen LogP contribution < -0.4 is 0 Å². The molecule has 2 heteroatoms. The lowest BCUT2D eigenvalue weighted by atomic mass is 9.99. The lowest BCUT2D eigenvalue weighted by Crippen LogP contribution is -1.99. The quantitative estimate of drug-likeness (QED) is 0.757. The van der Waals surface area contributed by atoms with Crippen molar-refractivity contribution in [2.45, 2.75) is 25.4 Å². The lowest BCUT2D eigenvalue weighted by Gasteiger charge is -2.11. The van der Waals surface area contributed by atoms with Crippen LogP contribution >= 0.6 is 0 Å². The number of benzene rings is 2. The second-order valence-corrected chi connectivity index (χ2v) is 6.03. The first-order chi connectivity index (χ1) is 10.2. The number of hydrogen-bond donors (Lipinski definition) is 1. The second kappa shape index (κ2) is 4.74. The predicted octanol–water partition coefficient (Wildman–Crippen LogP) is 4.64. The molecule has 1 N–H and O–H groups in total. The number of rotatable bonds is 3. The highest BCUT2D eigenvalue weighted by molar-refractivity contribution is 5.86. The number of aliphatic hydroxyl groups excluding tert-OH is 1. The molecule has 3 unspecified atom stereocenters. The molecule has 3 atom stereocenters. The summed E-state index contributed by atoms with van der Waals surface area (Å²) >= 11 is 0. The van der Waals surface area contributed by atoms with Crippen LogP contribution in [0, 0.1) is 5.92 Å². The molecule has 1 aliphatic carbocycles. The van der Waals surface area contributed by atoms with Crippen molar-refractivity contribution in [3.05, 3.63) is 71.7 Å². The number of aliphatic hydroxyl groups is 1. The largest absolute Gasteiger partial charge is 0.463 e. The van der Waals surface area contributed by atoms with Gasteiger partial charge in [-0.3, -0.25) is 0 Å². The fourth-order valence-corrected chi connectivity index (χ4v) is 3.08. The van der Waals surface area contributed by atoms with Crippen molar-refractivity contribution < 1.29 is 9.52 Å². The number of hydrogen-bond acceptors (Lipinski definition) is 2. The zero-order valence-electron chi connectivity index (χ0n) is 12.0. The normalized spacial score (nSPS) is 22.4. The topological polar surface area (TPSA) is 33.4 Å². The first kappa shape index (κ1) is 12.7. The van der Waals surface area contributed by atoms with Gasteiger partial charge in [0.05, 0.1) is 0 Å². The van der Waals surface area contributed by atoms with Crippen LogP contribution in [0.25, 0.3) is 10.8 Å². The SMILES string of the molecule is CC1CC1c1ccc(C(O)c2cccc3ccccc23)o1. The van der Waals surface area contributed by atoms with Crippen molar-refractivity contribution in [2.24, 2.45) is 5.92 Å². The third-order valence-corrected chi connectivity index (χ3v) is 4.51. The Kier molecular flexibility index (Phi) is 2.86. The third kappa shape index (κ3) is 2.16. The van der Waals surface area contributed by atoms with Gasteiger partial charge < -0.3 is 9.52 Å². The van der Waals surface area contributed by atoms with Gasteiger partial charge in [0, 0.05) is 5.92 Å². The van der Waals surface area contributed by atoms with Gasteiger partial charge in [-0.1, -0.05) is 49.4 Å². The molecule has 1 heterocycles. The van der Waals surface area contributed by atoms with Crippen LogP contribution in [-0.2, 0) is 0 Å². The van der Waals surface area contributed by atoms with Crippen LogP contribution in [0.5, 0.6) is 0 Å². The molecule has 1 fully saturated rings. The molecule has 0 radical (unpaired) electrons. The van der Waals surface area contributed by atoms with E-state index >= 15 is 0 Å². The summed E-state index contributed by atoms with van der Waals surface area (Å²) in [6.07, 6.45) is 0.482. The van der Waals surface area contributed by atoms with Crippen molar-refractivity contribution in [1.29, 1.82) is 0 Å². The first-order valence-electron chi connectivity index (χ1n) is 7.49. The smallest absolute Gasteiger partial charge is 0.137 e. The number of furan rings is 1. The average Bonchev–Trinajstić information content (AvgIpc) is 3.05. The molecule has 0 aliphatic heterocycles. The Morgan fingerprint density at radius 2 is 1.81 bits per heavy atom. The van der Waals surface area contributed by atoms with Crippen molar-refractivity contribution in [3.8, 4) is 0 Å². The number of fused-ring (bicyclic) bond motifs is 1. The summed E-state index contributed by atoms with van der Waals surface area (Å²) in [5, 5.41) is 12.9. The summed E-state index contributed by atoms with van der Waals surface area (Å²) in [7, 11) is 0. The van der Waals surface area contributed by atoms with Crippen LogP contribution in [0.2, 0.25) is 0 Å². The Morgan fingerprint density at radius 3 is 2.62 bits per heavy atom. The van der Waals surface area contributed by atoms with Gasteiger partial charge >= 0.3 is 0 Å². The van der Waals surface area contributed by atoms with E-state index in [0.717, 1.165) is 22.1 Å². The molecule has 0 amide bonds. The van der Waals surface area contributed by atoms with E-state index in [1.165, 1.54) is 6.42 Å². The molecule has 21 heavy (non-hydrogen) atoms. The summed E-state index contributed by atoms with van der Waals surface area (Å²) in [6, 6.07) is 18.0. The van der Waals surface area contributed by atoms with Crippen molar-refractivity contribution in [2.75, 3.05) is 0 Å². The minimum Gasteiger partial charge on any atom is -0.463 e. The molecule has 0 bridgehead atoms. The summed E-state index contributed by atoms with van der Waals surface area (Å²) in [4.78, 5) is 0. The summed E-state index contributed by atoms with van der Waals surface area (Å²) < 4.78 is 5.89. The van der Waals surface area contributed by atoms with E-state index in [4.69, 9.17) is 4.42 Å². The van der Waals surface area contributed by atoms with E-state index in [0.29, 0.717) is 17.6 Å². The van der Waals surface area contributed by atoms with Crippen LogP contribution in [0.15, 0.2) is 59.0 Å². The fourth-order valence-electron chi connectivity index (χ4n) is 3.08. The van der Waals surface area contributed by atoms with Gasteiger partial charge in [-0.15, -0.1) is 0 Å². The minimum absolute atomic E-state index is 0.540. The Labute approximate surface area is 124 Å². The van der Waals surface area contributed by atoms with Gasteiger partial charge in [-0.25, -0.2) is 0 Å². The Bertz CT molecular complexity index is 782. The zero-order valence-corrected chi connectivity index (χ0v) is 12.0. The first-order valence-corrected chi connectivity index (χ1v) is 7.49. The molecule has 1 aromatic heterocycles. The fraction of sp³-hybridized carbons (Fsp3) is 0.263. The maximum atomic E-state index is 10.7. The predicted molar refractivity (Wildman–Crippen MR) is 83.2 cm³/mol. The van der Waals surface area contributed by atoms with Crippen molar-refractivity contribution in [1.82, 2.24) is 0 Å². The van der Waals surface area contributed by atoms with Gasteiger partial charge in [0.25, 0.3) is 0 Å². The van der Waals surface area contributed by atoms with Gasteiger partial charge in [-0.05, 0) is 40.8 Å². The highest BCUT2D eigenvalue weighted by Gasteiger charge is 2.37. The Hall–Kier alpha value is -2.06. The van der Waals surface area contributed by atoms with Crippen LogP contribution in [0.4, 0.5) is 0 Å². The van der Waals surface area contributed by atoms with Crippen molar-refractivity contribution >= 4 is 10.8 Å². The van der Waals surface area contributed by atoms with Gasteiger partial charge in [0.2, 0.25) is 0 Å². The molecule has 0 saturated heterocycles. The molecule has 0 spiro atoms. The minimum atomic E-state index is -0.709. The summed E-state index contributed by atoms with van der Waals surface area (Å²) in [5.74, 6) is 2.90. The van der Waals surface area contributed by atoms with Gasteiger partial charge in [0.15, 0.2) is 0 Å². The zero-order chi connectivity index (χ0) is 14.4. The molecule has 2 aromatic carbocycles. The molecular weight excluding hydrogens is 260 g/mol. The second-order valence-electron chi connectivity index (χ2n) is 6.03. The van der Waals surface area contributed by atoms with Gasteiger partial charge in [-0.2, -0.15) is 0 Å². The molecule has 1 saturated carbocycles. The third-order valence-electron chi connectivity index (χ3n) is 4.51. The van der Waals surface area contributed by atoms with Crippen LogP contribution in [0.3, 0.4) is 0 Å². The molecule has 2 nitrogen and oxygen atoms in total. The summed E-state index contributed by atoms with van der Waals surface area (Å²) in [6.45, 7) is 2.23. The van der Waals surface area contributed by atoms with E-state index in [1.807, 2.05) is 42.5 Å². The van der Waals surface area contributed by atoms with E-state index in [1.54, 1.807) is 0 Å². The highest BCUT2D eigenvalue weighted by atomic mass is 16.4.